The van der Waals surface area contributed by atoms with Crippen LogP contribution in [-0.4, -0.2) is 8.42 Å². The highest BCUT2D eigenvalue weighted by Crippen LogP contribution is 2.22. The quantitative estimate of drug-likeness (QED) is 0.854. The SMILES string of the molecule is Cc1ccc(NS(=O)(=O)c2ccc(N)cc2C)cc1C. The number of nitrogen functional groups attached to an aromatic ring is 1. The van der Waals surface area contributed by atoms with Crippen LogP contribution in [-0.2, 0) is 10.0 Å². The van der Waals surface area contributed by atoms with Crippen molar-refractivity contribution in [3.05, 3.63) is 53.1 Å². The average molecular weight is 290 g/mol. The van der Waals surface area contributed by atoms with E-state index in [1.165, 1.54) is 6.07 Å². The maximum atomic E-state index is 12.4. The molecule has 2 rings (SSSR count). The predicted molar refractivity (Wildman–Crippen MR) is 82.3 cm³/mol. The van der Waals surface area contributed by atoms with Gasteiger partial charge in [-0.1, -0.05) is 6.07 Å². The summed E-state index contributed by atoms with van der Waals surface area (Å²) < 4.78 is 27.4. The Morgan fingerprint density at radius 3 is 2.20 bits per heavy atom. The predicted octanol–water partition coefficient (Wildman–Crippen LogP) is 2.99. The highest BCUT2D eigenvalue weighted by atomic mass is 32.2. The Hall–Kier alpha value is -2.01. The molecule has 0 saturated carbocycles. The van der Waals surface area contributed by atoms with Gasteiger partial charge < -0.3 is 5.73 Å². The Labute approximate surface area is 119 Å². The zero-order chi connectivity index (χ0) is 14.9. The molecule has 0 aliphatic carbocycles. The van der Waals surface area contributed by atoms with Crippen molar-refractivity contribution in [1.29, 1.82) is 0 Å². The van der Waals surface area contributed by atoms with Crippen LogP contribution in [0.2, 0.25) is 0 Å². The van der Waals surface area contributed by atoms with Gasteiger partial charge in [0, 0.05) is 11.4 Å². The van der Waals surface area contributed by atoms with E-state index in [2.05, 4.69) is 4.72 Å². The second kappa shape index (κ2) is 5.17. The van der Waals surface area contributed by atoms with Crippen LogP contribution in [0, 0.1) is 20.8 Å². The van der Waals surface area contributed by atoms with Crippen molar-refractivity contribution in [1.82, 2.24) is 0 Å². The number of rotatable bonds is 3. The normalized spacial score (nSPS) is 11.3. The van der Waals surface area contributed by atoms with Gasteiger partial charge >= 0.3 is 0 Å². The number of nitrogens with one attached hydrogen (secondary N) is 1. The molecule has 0 bridgehead atoms. The summed E-state index contributed by atoms with van der Waals surface area (Å²) in [6.07, 6.45) is 0. The standard InChI is InChI=1S/C15H18N2O2S/c1-10-4-6-14(9-11(10)2)17-20(18,19)15-7-5-13(16)8-12(15)3/h4-9,17H,16H2,1-3H3. The second-order valence-corrected chi connectivity index (χ2v) is 6.58. The fraction of sp³-hybridized carbons (Fsp3) is 0.200. The summed E-state index contributed by atoms with van der Waals surface area (Å²) in [6, 6.07) is 10.2. The van der Waals surface area contributed by atoms with Gasteiger partial charge in [-0.2, -0.15) is 0 Å². The maximum Gasteiger partial charge on any atom is 0.262 e. The van der Waals surface area contributed by atoms with Crippen LogP contribution >= 0.6 is 0 Å². The molecule has 0 aromatic heterocycles. The zero-order valence-corrected chi connectivity index (χ0v) is 12.6. The fourth-order valence-electron chi connectivity index (χ4n) is 1.99. The van der Waals surface area contributed by atoms with Crippen molar-refractivity contribution < 1.29 is 8.42 Å². The van der Waals surface area contributed by atoms with E-state index in [1.807, 2.05) is 26.0 Å². The van der Waals surface area contributed by atoms with Crippen LogP contribution in [0.3, 0.4) is 0 Å². The van der Waals surface area contributed by atoms with Crippen LogP contribution in [0.15, 0.2) is 41.3 Å². The molecule has 3 N–H and O–H groups in total. The lowest BCUT2D eigenvalue weighted by atomic mass is 10.1. The van der Waals surface area contributed by atoms with E-state index in [9.17, 15) is 8.42 Å². The molecule has 0 spiro atoms. The molecule has 20 heavy (non-hydrogen) atoms. The zero-order valence-electron chi connectivity index (χ0n) is 11.8. The molecule has 0 amide bonds. The first-order chi connectivity index (χ1) is 9.29. The van der Waals surface area contributed by atoms with Gasteiger partial charge in [-0.3, -0.25) is 4.72 Å². The molecule has 0 unspecified atom stereocenters. The van der Waals surface area contributed by atoms with Gasteiger partial charge in [-0.15, -0.1) is 0 Å². The van der Waals surface area contributed by atoms with Gasteiger partial charge in [0.15, 0.2) is 0 Å². The van der Waals surface area contributed by atoms with Crippen LogP contribution in [0.1, 0.15) is 16.7 Å². The molecule has 0 saturated heterocycles. The molecule has 0 atom stereocenters. The van der Waals surface area contributed by atoms with Crippen LogP contribution in [0.25, 0.3) is 0 Å². The lowest BCUT2D eigenvalue weighted by molar-refractivity contribution is 0.600. The monoisotopic (exact) mass is 290 g/mol. The van der Waals surface area contributed by atoms with Crippen molar-refractivity contribution >= 4 is 21.4 Å². The first kappa shape index (κ1) is 14.4. The second-order valence-electron chi connectivity index (χ2n) is 4.93. The Bertz CT molecular complexity index is 752. The third kappa shape index (κ3) is 2.93. The summed E-state index contributed by atoms with van der Waals surface area (Å²) in [5, 5.41) is 0. The number of aryl methyl sites for hydroxylation is 3. The van der Waals surface area contributed by atoms with E-state index in [1.54, 1.807) is 25.1 Å². The first-order valence-electron chi connectivity index (χ1n) is 6.26. The van der Waals surface area contributed by atoms with Gasteiger partial charge in [0.05, 0.1) is 4.90 Å². The van der Waals surface area contributed by atoms with E-state index < -0.39 is 10.0 Å². The molecule has 0 fully saturated rings. The minimum atomic E-state index is -3.60. The van der Waals surface area contributed by atoms with Crippen molar-refractivity contribution in [2.45, 2.75) is 25.7 Å². The summed E-state index contributed by atoms with van der Waals surface area (Å²) in [5.74, 6) is 0. The molecule has 0 aliphatic heterocycles. The topological polar surface area (TPSA) is 72.2 Å². The molecule has 2 aromatic rings. The number of benzene rings is 2. The smallest absolute Gasteiger partial charge is 0.262 e. The highest BCUT2D eigenvalue weighted by Gasteiger charge is 2.17. The fourth-order valence-corrected chi connectivity index (χ4v) is 3.27. The van der Waals surface area contributed by atoms with Crippen LogP contribution < -0.4 is 10.5 Å². The van der Waals surface area contributed by atoms with Gasteiger partial charge in [-0.25, -0.2) is 8.42 Å². The van der Waals surface area contributed by atoms with Crippen LogP contribution in [0.5, 0.6) is 0 Å². The number of nitrogens with two attached hydrogens (primary N) is 1. The number of hydrogen-bond donors (Lipinski definition) is 2. The van der Waals surface area contributed by atoms with Gasteiger partial charge in [0.25, 0.3) is 10.0 Å². The Morgan fingerprint density at radius 2 is 1.60 bits per heavy atom. The lowest BCUT2D eigenvalue weighted by Crippen LogP contribution is -2.14. The van der Waals surface area contributed by atoms with Gasteiger partial charge in [0.1, 0.15) is 0 Å². The number of sulfonamides is 1. The molecule has 0 heterocycles. The van der Waals surface area contributed by atoms with Crippen molar-refractivity contribution in [3.8, 4) is 0 Å². The van der Waals surface area contributed by atoms with Gasteiger partial charge in [0.2, 0.25) is 0 Å². The van der Waals surface area contributed by atoms with Gasteiger partial charge in [-0.05, 0) is 67.8 Å². The summed E-state index contributed by atoms with van der Waals surface area (Å²) in [5.41, 5.74) is 9.54. The largest absolute Gasteiger partial charge is 0.399 e. The van der Waals surface area contributed by atoms with E-state index >= 15 is 0 Å². The molecule has 0 aliphatic rings. The third-order valence-corrected chi connectivity index (χ3v) is 4.79. The Balaban J connectivity index is 2.38. The molecular weight excluding hydrogens is 272 g/mol. The summed E-state index contributed by atoms with van der Waals surface area (Å²) >= 11 is 0. The number of hydrogen-bond acceptors (Lipinski definition) is 3. The summed E-state index contributed by atoms with van der Waals surface area (Å²) in [4.78, 5) is 0.241. The third-order valence-electron chi connectivity index (χ3n) is 3.25. The minimum absolute atomic E-state index is 0.241. The lowest BCUT2D eigenvalue weighted by Gasteiger charge is -2.12. The highest BCUT2D eigenvalue weighted by molar-refractivity contribution is 7.92. The molecule has 106 valence electrons. The van der Waals surface area contributed by atoms with Crippen molar-refractivity contribution in [3.63, 3.8) is 0 Å². The summed E-state index contributed by atoms with van der Waals surface area (Å²) in [7, 11) is -3.60. The molecule has 5 heteroatoms. The average Bonchev–Trinajstić information content (AvgIpc) is 2.33. The molecule has 2 aromatic carbocycles. The minimum Gasteiger partial charge on any atom is -0.399 e. The van der Waals surface area contributed by atoms with E-state index in [-0.39, 0.29) is 4.90 Å². The maximum absolute atomic E-state index is 12.4. The van der Waals surface area contributed by atoms with Crippen LogP contribution in [0.4, 0.5) is 11.4 Å². The number of anilines is 2. The van der Waals surface area contributed by atoms with Crippen molar-refractivity contribution in [2.24, 2.45) is 0 Å². The molecule has 4 nitrogen and oxygen atoms in total. The van der Waals surface area contributed by atoms with E-state index in [4.69, 9.17) is 5.73 Å². The summed E-state index contributed by atoms with van der Waals surface area (Å²) in [6.45, 7) is 5.66. The van der Waals surface area contributed by atoms with Crippen molar-refractivity contribution in [2.75, 3.05) is 10.5 Å². The Morgan fingerprint density at radius 1 is 0.900 bits per heavy atom. The van der Waals surface area contributed by atoms with E-state index in [0.29, 0.717) is 16.9 Å². The first-order valence-corrected chi connectivity index (χ1v) is 7.74. The Kier molecular flexibility index (Phi) is 3.72. The molecule has 0 radical (unpaired) electrons. The van der Waals surface area contributed by atoms with E-state index in [0.717, 1.165) is 11.1 Å². The molecular formula is C15H18N2O2S.